The molecule has 0 saturated carbocycles. The van der Waals surface area contributed by atoms with Crippen molar-refractivity contribution in [2.24, 2.45) is 0 Å². The van der Waals surface area contributed by atoms with Crippen LogP contribution in [0.3, 0.4) is 0 Å². The summed E-state index contributed by atoms with van der Waals surface area (Å²) in [6, 6.07) is 9.25. The number of esters is 1. The normalized spacial score (nSPS) is 11.6. The minimum atomic E-state index is -0.931. The summed E-state index contributed by atoms with van der Waals surface area (Å²) in [5, 5.41) is 13.2. The first-order valence-corrected chi connectivity index (χ1v) is 8.31. The SMILES string of the molecule is C[C@@H](OC(=O)CSc1ccc([N+](=O)[O-])cc1)C(=O)NCc1ccco1. The lowest BCUT2D eigenvalue weighted by molar-refractivity contribution is -0.384. The zero-order valence-corrected chi connectivity index (χ0v) is 14.2. The maximum absolute atomic E-state index is 11.8. The molecule has 0 saturated heterocycles. The summed E-state index contributed by atoms with van der Waals surface area (Å²) in [5.41, 5.74) is -0.0197. The number of nitrogens with zero attached hydrogens (tertiary/aromatic N) is 1. The van der Waals surface area contributed by atoms with Crippen LogP contribution in [0.15, 0.2) is 52.0 Å². The zero-order valence-electron chi connectivity index (χ0n) is 13.3. The van der Waals surface area contributed by atoms with Crippen LogP contribution in [-0.2, 0) is 20.9 Å². The van der Waals surface area contributed by atoms with Gasteiger partial charge in [-0.05, 0) is 31.2 Å². The van der Waals surface area contributed by atoms with E-state index in [4.69, 9.17) is 9.15 Å². The highest BCUT2D eigenvalue weighted by atomic mass is 32.2. The third kappa shape index (κ3) is 5.96. The van der Waals surface area contributed by atoms with Gasteiger partial charge in [0.1, 0.15) is 5.76 Å². The Kier molecular flexibility index (Phi) is 6.58. The van der Waals surface area contributed by atoms with Crippen LogP contribution in [0.4, 0.5) is 5.69 Å². The van der Waals surface area contributed by atoms with E-state index in [1.54, 1.807) is 24.3 Å². The Hall–Kier alpha value is -2.81. The molecule has 1 aromatic carbocycles. The van der Waals surface area contributed by atoms with E-state index in [-0.39, 0.29) is 18.0 Å². The van der Waals surface area contributed by atoms with Gasteiger partial charge in [-0.25, -0.2) is 0 Å². The summed E-state index contributed by atoms with van der Waals surface area (Å²) in [6.07, 6.45) is 0.570. The Balaban J connectivity index is 1.73. The quantitative estimate of drug-likeness (QED) is 0.331. The first-order valence-electron chi connectivity index (χ1n) is 7.32. The van der Waals surface area contributed by atoms with Gasteiger partial charge in [-0.3, -0.25) is 19.7 Å². The van der Waals surface area contributed by atoms with E-state index in [9.17, 15) is 19.7 Å². The lowest BCUT2D eigenvalue weighted by atomic mass is 10.3. The molecule has 0 bridgehead atoms. The number of nitro benzene ring substituents is 1. The second-order valence-corrected chi connectivity index (χ2v) is 6.02. The lowest BCUT2D eigenvalue weighted by Crippen LogP contribution is -2.35. The van der Waals surface area contributed by atoms with Crippen LogP contribution in [-0.4, -0.2) is 28.7 Å². The number of benzene rings is 1. The van der Waals surface area contributed by atoms with Gasteiger partial charge in [-0.1, -0.05) is 0 Å². The molecular weight excluding hydrogens is 348 g/mol. The minimum Gasteiger partial charge on any atom is -0.467 e. The number of carbonyl (C=O) groups excluding carboxylic acids is 2. The van der Waals surface area contributed by atoms with Gasteiger partial charge in [0.25, 0.3) is 11.6 Å². The summed E-state index contributed by atoms with van der Waals surface area (Å²) in [4.78, 5) is 34.4. The first kappa shape index (κ1) is 18.5. The van der Waals surface area contributed by atoms with Crippen LogP contribution in [0.25, 0.3) is 0 Å². The standard InChI is InChI=1S/C16H16N2O6S/c1-11(16(20)17-9-13-3-2-8-23-13)24-15(19)10-25-14-6-4-12(5-7-14)18(21)22/h2-8,11H,9-10H2,1H3,(H,17,20)/t11-/m1/s1. The second-order valence-electron chi connectivity index (χ2n) is 4.97. The van der Waals surface area contributed by atoms with Crippen molar-refractivity contribution in [1.29, 1.82) is 0 Å². The van der Waals surface area contributed by atoms with Crippen molar-refractivity contribution in [2.75, 3.05) is 5.75 Å². The molecule has 1 amide bonds. The van der Waals surface area contributed by atoms with Crippen LogP contribution in [0.1, 0.15) is 12.7 Å². The molecule has 1 aromatic heterocycles. The van der Waals surface area contributed by atoms with Crippen molar-refractivity contribution in [1.82, 2.24) is 5.32 Å². The van der Waals surface area contributed by atoms with E-state index in [2.05, 4.69) is 5.32 Å². The van der Waals surface area contributed by atoms with Crippen molar-refractivity contribution in [3.8, 4) is 0 Å². The molecule has 2 aromatic rings. The van der Waals surface area contributed by atoms with Gasteiger partial charge in [0, 0.05) is 17.0 Å². The molecule has 0 aliphatic rings. The lowest BCUT2D eigenvalue weighted by Gasteiger charge is -2.12. The number of ether oxygens (including phenoxy) is 1. The molecule has 8 nitrogen and oxygen atoms in total. The Labute approximate surface area is 147 Å². The third-order valence-corrected chi connectivity index (χ3v) is 4.08. The van der Waals surface area contributed by atoms with Gasteiger partial charge >= 0.3 is 5.97 Å². The van der Waals surface area contributed by atoms with Crippen molar-refractivity contribution in [3.63, 3.8) is 0 Å². The number of rotatable bonds is 8. The molecule has 132 valence electrons. The number of nitrogens with one attached hydrogen (secondary N) is 1. The molecule has 0 unspecified atom stereocenters. The fourth-order valence-electron chi connectivity index (χ4n) is 1.82. The summed E-state index contributed by atoms with van der Waals surface area (Å²) < 4.78 is 10.1. The predicted molar refractivity (Wildman–Crippen MR) is 89.9 cm³/mol. The van der Waals surface area contributed by atoms with Gasteiger partial charge in [0.2, 0.25) is 0 Å². The summed E-state index contributed by atoms with van der Waals surface area (Å²) in [7, 11) is 0. The van der Waals surface area contributed by atoms with Gasteiger partial charge in [-0.2, -0.15) is 0 Å². The van der Waals surface area contributed by atoms with Crippen LogP contribution < -0.4 is 5.32 Å². The summed E-state index contributed by atoms with van der Waals surface area (Å²) >= 11 is 1.17. The first-order chi connectivity index (χ1) is 12.0. The molecule has 1 N–H and O–H groups in total. The van der Waals surface area contributed by atoms with E-state index in [1.165, 1.54) is 37.1 Å². The fourth-order valence-corrected chi connectivity index (χ4v) is 2.50. The van der Waals surface area contributed by atoms with Crippen LogP contribution in [0.5, 0.6) is 0 Å². The monoisotopic (exact) mass is 364 g/mol. The average molecular weight is 364 g/mol. The molecule has 0 radical (unpaired) electrons. The molecule has 0 fully saturated rings. The molecule has 0 spiro atoms. The number of hydrogen-bond donors (Lipinski definition) is 1. The smallest absolute Gasteiger partial charge is 0.317 e. The van der Waals surface area contributed by atoms with Gasteiger partial charge in [0.05, 0.1) is 23.5 Å². The molecule has 25 heavy (non-hydrogen) atoms. The van der Waals surface area contributed by atoms with Crippen LogP contribution >= 0.6 is 11.8 Å². The largest absolute Gasteiger partial charge is 0.467 e. The number of nitro groups is 1. The van der Waals surface area contributed by atoms with Gasteiger partial charge in [-0.15, -0.1) is 11.8 Å². The predicted octanol–water partition coefficient (Wildman–Crippen LogP) is 2.53. The topological polar surface area (TPSA) is 112 Å². The van der Waals surface area contributed by atoms with Crippen molar-refractivity contribution in [2.45, 2.75) is 24.5 Å². The number of hydrogen-bond acceptors (Lipinski definition) is 7. The third-order valence-electron chi connectivity index (χ3n) is 3.10. The Morgan fingerprint density at radius 3 is 2.64 bits per heavy atom. The van der Waals surface area contributed by atoms with Crippen molar-refractivity contribution >= 4 is 29.3 Å². The molecular formula is C16H16N2O6S. The van der Waals surface area contributed by atoms with Crippen LogP contribution in [0.2, 0.25) is 0 Å². The van der Waals surface area contributed by atoms with Gasteiger partial charge in [0.15, 0.2) is 6.10 Å². The Morgan fingerprint density at radius 1 is 1.32 bits per heavy atom. The molecule has 1 atom stereocenters. The minimum absolute atomic E-state index is 0.00633. The maximum atomic E-state index is 11.8. The number of non-ortho nitro benzene ring substituents is 1. The number of thioether (sulfide) groups is 1. The number of carbonyl (C=O) groups is 2. The molecule has 2 rings (SSSR count). The highest BCUT2D eigenvalue weighted by Crippen LogP contribution is 2.21. The maximum Gasteiger partial charge on any atom is 0.317 e. The Bertz CT molecular complexity index is 730. The van der Waals surface area contributed by atoms with E-state index in [0.717, 1.165) is 0 Å². The Morgan fingerprint density at radius 2 is 2.04 bits per heavy atom. The van der Waals surface area contributed by atoms with E-state index < -0.39 is 22.9 Å². The van der Waals surface area contributed by atoms with E-state index >= 15 is 0 Å². The highest BCUT2D eigenvalue weighted by Gasteiger charge is 2.18. The van der Waals surface area contributed by atoms with Gasteiger partial charge < -0.3 is 14.5 Å². The van der Waals surface area contributed by atoms with Crippen LogP contribution in [0, 0.1) is 10.1 Å². The van der Waals surface area contributed by atoms with Crippen molar-refractivity contribution in [3.05, 3.63) is 58.5 Å². The zero-order chi connectivity index (χ0) is 18.2. The molecule has 1 heterocycles. The average Bonchev–Trinajstić information content (AvgIpc) is 3.11. The number of furan rings is 1. The highest BCUT2D eigenvalue weighted by molar-refractivity contribution is 8.00. The molecule has 0 aliphatic carbocycles. The van der Waals surface area contributed by atoms with E-state index in [0.29, 0.717) is 10.7 Å². The molecule has 0 aliphatic heterocycles. The van der Waals surface area contributed by atoms with E-state index in [1.807, 2.05) is 0 Å². The van der Waals surface area contributed by atoms with Crippen molar-refractivity contribution < 1.29 is 23.7 Å². The fraction of sp³-hybridized carbons (Fsp3) is 0.250. The molecule has 9 heteroatoms. The second kappa shape index (κ2) is 8.88. The summed E-state index contributed by atoms with van der Waals surface area (Å²) in [5.74, 6) is -0.386. The summed E-state index contributed by atoms with van der Waals surface area (Å²) in [6.45, 7) is 1.69. The number of amides is 1.